The Hall–Kier alpha value is -1.13. The minimum Gasteiger partial charge on any atom is -0.479 e. The first-order valence-corrected chi connectivity index (χ1v) is 6.05. The highest BCUT2D eigenvalue weighted by molar-refractivity contribution is 5.86. The second kappa shape index (κ2) is 3.96. The zero-order chi connectivity index (χ0) is 12.8. The van der Waals surface area contributed by atoms with Crippen molar-refractivity contribution in [1.29, 1.82) is 0 Å². The van der Waals surface area contributed by atoms with E-state index < -0.39 is 35.4 Å². The van der Waals surface area contributed by atoms with E-state index in [0.29, 0.717) is 19.3 Å². The number of hydrogen-bond acceptors (Lipinski definition) is 3. The summed E-state index contributed by atoms with van der Waals surface area (Å²) in [6.45, 7) is 3.67. The molecule has 5 atom stereocenters. The van der Waals surface area contributed by atoms with Gasteiger partial charge in [-0.25, -0.2) is 9.18 Å². The number of halogens is 1. The van der Waals surface area contributed by atoms with Crippen LogP contribution in [0.5, 0.6) is 0 Å². The van der Waals surface area contributed by atoms with Crippen LogP contribution in [0.4, 0.5) is 4.39 Å². The molecule has 2 fully saturated rings. The van der Waals surface area contributed by atoms with E-state index >= 15 is 0 Å². The van der Waals surface area contributed by atoms with Gasteiger partial charge in [0, 0.05) is 11.8 Å². The van der Waals surface area contributed by atoms with Gasteiger partial charge in [-0.3, -0.25) is 4.79 Å². The minimum atomic E-state index is -2.18. The molecule has 0 amide bonds. The standard InChI is InChI=1S/C12H17FO4/c1-3-6(2)17-10(14)7-4-5-8-9(7)12(8,13)11(15)16/h6-9H,3-5H2,1-2H3,(H,15,16). The van der Waals surface area contributed by atoms with Crippen LogP contribution < -0.4 is 0 Å². The normalized spacial score (nSPS) is 40.5. The molecule has 2 aliphatic rings. The molecular weight excluding hydrogens is 227 g/mol. The molecular formula is C12H17FO4. The highest BCUT2D eigenvalue weighted by atomic mass is 19.1. The molecule has 2 aliphatic carbocycles. The Labute approximate surface area is 99.1 Å². The lowest BCUT2D eigenvalue weighted by Crippen LogP contribution is -2.30. The van der Waals surface area contributed by atoms with Crippen LogP contribution in [0.25, 0.3) is 0 Å². The first kappa shape index (κ1) is 12.3. The van der Waals surface area contributed by atoms with Crippen LogP contribution >= 0.6 is 0 Å². The molecule has 2 rings (SSSR count). The number of fused-ring (bicyclic) bond motifs is 1. The van der Waals surface area contributed by atoms with Gasteiger partial charge in [-0.15, -0.1) is 0 Å². The fraction of sp³-hybridized carbons (Fsp3) is 0.833. The van der Waals surface area contributed by atoms with Gasteiger partial charge in [0.25, 0.3) is 0 Å². The van der Waals surface area contributed by atoms with E-state index in [4.69, 9.17) is 9.84 Å². The maximum Gasteiger partial charge on any atom is 0.342 e. The number of alkyl halides is 1. The van der Waals surface area contributed by atoms with E-state index in [9.17, 15) is 14.0 Å². The Morgan fingerprint density at radius 3 is 2.65 bits per heavy atom. The van der Waals surface area contributed by atoms with E-state index in [1.807, 2.05) is 6.92 Å². The summed E-state index contributed by atoms with van der Waals surface area (Å²) >= 11 is 0. The van der Waals surface area contributed by atoms with Crippen molar-refractivity contribution in [2.24, 2.45) is 17.8 Å². The summed E-state index contributed by atoms with van der Waals surface area (Å²) in [5, 5.41) is 8.82. The summed E-state index contributed by atoms with van der Waals surface area (Å²) in [4.78, 5) is 22.6. The highest BCUT2D eigenvalue weighted by Crippen LogP contribution is 2.66. The van der Waals surface area contributed by atoms with Crippen LogP contribution in [-0.4, -0.2) is 28.8 Å². The third-order valence-corrected chi connectivity index (χ3v) is 4.09. The molecule has 5 heteroatoms. The first-order valence-electron chi connectivity index (χ1n) is 6.05. The Bertz CT molecular complexity index is 356. The number of aliphatic carboxylic acids is 1. The second-order valence-corrected chi connectivity index (χ2v) is 5.05. The number of ether oxygens (including phenoxy) is 1. The van der Waals surface area contributed by atoms with Gasteiger partial charge in [0.1, 0.15) is 0 Å². The number of carboxylic acids is 1. The first-order chi connectivity index (χ1) is 7.92. The average molecular weight is 244 g/mol. The third kappa shape index (κ3) is 1.72. The van der Waals surface area contributed by atoms with Crippen molar-refractivity contribution in [2.45, 2.75) is 44.9 Å². The summed E-state index contributed by atoms with van der Waals surface area (Å²) in [6, 6.07) is 0. The van der Waals surface area contributed by atoms with Gasteiger partial charge in [0.15, 0.2) is 0 Å². The largest absolute Gasteiger partial charge is 0.479 e. The molecule has 0 saturated heterocycles. The quantitative estimate of drug-likeness (QED) is 0.765. The minimum absolute atomic E-state index is 0.195. The highest BCUT2D eigenvalue weighted by Gasteiger charge is 2.77. The van der Waals surface area contributed by atoms with Crippen LogP contribution in [0.2, 0.25) is 0 Å². The number of rotatable bonds is 4. The van der Waals surface area contributed by atoms with Crippen molar-refractivity contribution in [1.82, 2.24) is 0 Å². The molecule has 5 unspecified atom stereocenters. The molecule has 0 aliphatic heterocycles. The van der Waals surface area contributed by atoms with Crippen LogP contribution in [0, 0.1) is 17.8 Å². The Kier molecular flexibility index (Phi) is 2.87. The summed E-state index contributed by atoms with van der Waals surface area (Å²) in [5.41, 5.74) is -2.18. The fourth-order valence-electron chi connectivity index (χ4n) is 2.89. The lowest BCUT2D eigenvalue weighted by molar-refractivity contribution is -0.155. The monoisotopic (exact) mass is 244 g/mol. The molecule has 0 spiro atoms. The summed E-state index contributed by atoms with van der Waals surface area (Å²) in [5.74, 6) is -3.61. The average Bonchev–Trinajstić information content (AvgIpc) is 2.70. The Morgan fingerprint density at radius 2 is 2.18 bits per heavy atom. The van der Waals surface area contributed by atoms with Gasteiger partial charge in [-0.1, -0.05) is 6.92 Å². The van der Waals surface area contributed by atoms with E-state index in [-0.39, 0.29) is 6.10 Å². The van der Waals surface area contributed by atoms with Crippen molar-refractivity contribution >= 4 is 11.9 Å². The van der Waals surface area contributed by atoms with Gasteiger partial charge in [0.05, 0.1) is 12.0 Å². The maximum absolute atomic E-state index is 14.0. The second-order valence-electron chi connectivity index (χ2n) is 5.05. The van der Waals surface area contributed by atoms with Crippen molar-refractivity contribution in [2.75, 3.05) is 0 Å². The number of carbonyl (C=O) groups excluding carboxylic acids is 1. The van der Waals surface area contributed by atoms with E-state index in [1.54, 1.807) is 6.92 Å². The SMILES string of the molecule is CCC(C)OC(=O)C1CCC2C1C2(F)C(=O)O. The molecule has 0 aromatic rings. The molecule has 0 aromatic heterocycles. The Morgan fingerprint density at radius 1 is 1.53 bits per heavy atom. The molecule has 0 aromatic carbocycles. The number of esters is 1. The molecule has 4 nitrogen and oxygen atoms in total. The smallest absolute Gasteiger partial charge is 0.342 e. The van der Waals surface area contributed by atoms with Crippen molar-refractivity contribution < 1.29 is 23.8 Å². The van der Waals surface area contributed by atoms with Crippen molar-refractivity contribution in [3.05, 3.63) is 0 Å². The fourth-order valence-corrected chi connectivity index (χ4v) is 2.89. The van der Waals surface area contributed by atoms with Gasteiger partial charge in [-0.05, 0) is 26.2 Å². The summed E-state index contributed by atoms with van der Waals surface area (Å²) < 4.78 is 19.1. The van der Waals surface area contributed by atoms with Crippen LogP contribution in [-0.2, 0) is 14.3 Å². The zero-order valence-electron chi connectivity index (χ0n) is 9.98. The molecule has 0 heterocycles. The van der Waals surface area contributed by atoms with E-state index in [2.05, 4.69) is 0 Å². The van der Waals surface area contributed by atoms with Crippen LogP contribution in [0.3, 0.4) is 0 Å². The molecule has 2 saturated carbocycles. The van der Waals surface area contributed by atoms with Gasteiger partial charge in [-0.2, -0.15) is 0 Å². The number of carbonyl (C=O) groups is 2. The van der Waals surface area contributed by atoms with Gasteiger partial charge >= 0.3 is 11.9 Å². The van der Waals surface area contributed by atoms with Gasteiger partial charge in [0.2, 0.25) is 5.67 Å². The molecule has 0 bridgehead atoms. The molecule has 17 heavy (non-hydrogen) atoms. The van der Waals surface area contributed by atoms with Gasteiger partial charge < -0.3 is 9.84 Å². The molecule has 96 valence electrons. The molecule has 0 radical (unpaired) electrons. The molecule has 1 N–H and O–H groups in total. The lowest BCUT2D eigenvalue weighted by Gasteiger charge is -2.17. The number of hydrogen-bond donors (Lipinski definition) is 1. The van der Waals surface area contributed by atoms with Crippen LogP contribution in [0.15, 0.2) is 0 Å². The number of carboxylic acid groups (broad SMARTS) is 1. The maximum atomic E-state index is 14.0. The third-order valence-electron chi connectivity index (χ3n) is 4.09. The lowest BCUT2D eigenvalue weighted by atomic mass is 9.98. The summed E-state index contributed by atoms with van der Waals surface area (Å²) in [7, 11) is 0. The predicted octanol–water partition coefficient (Wildman–Crippen LogP) is 1.78. The summed E-state index contributed by atoms with van der Waals surface area (Å²) in [6.07, 6.45) is 1.52. The van der Waals surface area contributed by atoms with Crippen LogP contribution in [0.1, 0.15) is 33.1 Å². The predicted molar refractivity (Wildman–Crippen MR) is 57.0 cm³/mol. The Balaban J connectivity index is 2.01. The van der Waals surface area contributed by atoms with Crippen molar-refractivity contribution in [3.8, 4) is 0 Å². The zero-order valence-corrected chi connectivity index (χ0v) is 9.98. The van der Waals surface area contributed by atoms with E-state index in [0.717, 1.165) is 0 Å². The topological polar surface area (TPSA) is 63.6 Å². The van der Waals surface area contributed by atoms with E-state index in [1.165, 1.54) is 0 Å². The van der Waals surface area contributed by atoms with Crippen molar-refractivity contribution in [3.63, 3.8) is 0 Å².